The molecule has 0 aliphatic carbocycles. The molecular weight excluding hydrogens is 292 g/mol. The van der Waals surface area contributed by atoms with E-state index in [0.717, 1.165) is 32.5 Å². The Hall–Kier alpha value is -1.75. The van der Waals surface area contributed by atoms with Gasteiger partial charge in [-0.2, -0.15) is 0 Å². The highest BCUT2D eigenvalue weighted by Gasteiger charge is 2.18. The third kappa shape index (κ3) is 5.75. The SMILES string of the molecule is CC[NH+](CC)CCC[C@H](C)NC(=O)c1cccc(OC)c1OC. The molecule has 2 N–H and O–H groups in total. The summed E-state index contributed by atoms with van der Waals surface area (Å²) in [6, 6.07) is 5.47. The van der Waals surface area contributed by atoms with E-state index in [0.29, 0.717) is 17.1 Å². The number of benzene rings is 1. The molecule has 1 amide bonds. The van der Waals surface area contributed by atoms with Crippen LogP contribution in [0.4, 0.5) is 0 Å². The summed E-state index contributed by atoms with van der Waals surface area (Å²) < 4.78 is 10.6. The Morgan fingerprint density at radius 3 is 2.48 bits per heavy atom. The van der Waals surface area contributed by atoms with Gasteiger partial charge in [-0.15, -0.1) is 0 Å². The van der Waals surface area contributed by atoms with E-state index >= 15 is 0 Å². The number of amides is 1. The Morgan fingerprint density at radius 2 is 1.91 bits per heavy atom. The summed E-state index contributed by atoms with van der Waals surface area (Å²) in [6.07, 6.45) is 2.08. The van der Waals surface area contributed by atoms with Crippen molar-refractivity contribution >= 4 is 5.91 Å². The van der Waals surface area contributed by atoms with E-state index in [1.165, 1.54) is 0 Å². The van der Waals surface area contributed by atoms with Crippen molar-refractivity contribution in [1.29, 1.82) is 0 Å². The second-order valence-corrected chi connectivity index (χ2v) is 5.76. The lowest BCUT2D eigenvalue weighted by atomic mass is 10.1. The predicted octanol–water partition coefficient (Wildman–Crippen LogP) is 1.53. The summed E-state index contributed by atoms with van der Waals surface area (Å²) in [5, 5.41) is 3.05. The molecule has 5 nitrogen and oxygen atoms in total. The van der Waals surface area contributed by atoms with Gasteiger partial charge in [0.15, 0.2) is 11.5 Å². The molecule has 0 aromatic heterocycles. The van der Waals surface area contributed by atoms with Crippen LogP contribution in [0.3, 0.4) is 0 Å². The lowest BCUT2D eigenvalue weighted by Gasteiger charge is -2.18. The maximum absolute atomic E-state index is 12.5. The fourth-order valence-corrected chi connectivity index (χ4v) is 2.70. The number of carbonyl (C=O) groups is 1. The average molecular weight is 323 g/mol. The first-order chi connectivity index (χ1) is 11.1. The number of rotatable bonds is 10. The number of para-hydroxylation sites is 1. The molecule has 0 fully saturated rings. The third-order valence-corrected chi connectivity index (χ3v) is 4.19. The molecule has 1 rings (SSSR count). The number of ether oxygens (including phenoxy) is 2. The van der Waals surface area contributed by atoms with Crippen LogP contribution in [0.1, 0.15) is 44.0 Å². The molecule has 0 aliphatic rings. The molecule has 1 aromatic carbocycles. The van der Waals surface area contributed by atoms with E-state index in [4.69, 9.17) is 9.47 Å². The zero-order chi connectivity index (χ0) is 17.2. The zero-order valence-electron chi connectivity index (χ0n) is 15.1. The Kier molecular flexibility index (Phi) is 8.48. The summed E-state index contributed by atoms with van der Waals surface area (Å²) in [4.78, 5) is 14.1. The fraction of sp³-hybridized carbons (Fsp3) is 0.611. The summed E-state index contributed by atoms with van der Waals surface area (Å²) in [5.41, 5.74) is 0.507. The number of methoxy groups -OCH3 is 2. The van der Waals surface area contributed by atoms with Gasteiger partial charge in [0, 0.05) is 6.04 Å². The van der Waals surface area contributed by atoms with Crippen molar-refractivity contribution in [3.63, 3.8) is 0 Å². The Labute approximate surface area is 140 Å². The van der Waals surface area contributed by atoms with Gasteiger partial charge in [0.25, 0.3) is 5.91 Å². The molecule has 0 unspecified atom stereocenters. The van der Waals surface area contributed by atoms with E-state index in [-0.39, 0.29) is 11.9 Å². The first-order valence-electron chi connectivity index (χ1n) is 8.42. The van der Waals surface area contributed by atoms with Crippen molar-refractivity contribution in [2.24, 2.45) is 0 Å². The topological polar surface area (TPSA) is 52.0 Å². The number of carbonyl (C=O) groups excluding carboxylic acids is 1. The highest BCUT2D eigenvalue weighted by atomic mass is 16.5. The van der Waals surface area contributed by atoms with Gasteiger partial charge in [-0.3, -0.25) is 4.79 Å². The highest BCUT2D eigenvalue weighted by molar-refractivity contribution is 5.97. The molecule has 5 heteroatoms. The molecule has 1 aromatic rings. The number of quaternary nitrogens is 1. The van der Waals surface area contributed by atoms with Crippen molar-refractivity contribution in [3.05, 3.63) is 23.8 Å². The quantitative estimate of drug-likeness (QED) is 0.686. The van der Waals surface area contributed by atoms with Crippen molar-refractivity contribution in [2.75, 3.05) is 33.9 Å². The monoisotopic (exact) mass is 323 g/mol. The van der Waals surface area contributed by atoms with Crippen LogP contribution in [0.5, 0.6) is 11.5 Å². The normalized spacial score (nSPS) is 12.1. The number of hydrogen-bond donors (Lipinski definition) is 2. The molecule has 0 aliphatic heterocycles. The second kappa shape index (κ2) is 10.1. The van der Waals surface area contributed by atoms with Crippen LogP contribution in [0, 0.1) is 0 Å². The number of hydrogen-bond acceptors (Lipinski definition) is 3. The smallest absolute Gasteiger partial charge is 0.255 e. The summed E-state index contributed by atoms with van der Waals surface area (Å²) in [7, 11) is 3.11. The van der Waals surface area contributed by atoms with Crippen LogP contribution in [0.25, 0.3) is 0 Å². The van der Waals surface area contributed by atoms with Gasteiger partial charge in [0.05, 0.1) is 39.4 Å². The van der Waals surface area contributed by atoms with Crippen molar-refractivity contribution in [1.82, 2.24) is 5.32 Å². The van der Waals surface area contributed by atoms with E-state index in [9.17, 15) is 4.79 Å². The molecule has 0 spiro atoms. The number of nitrogens with one attached hydrogen (secondary N) is 2. The van der Waals surface area contributed by atoms with Crippen LogP contribution in [0.2, 0.25) is 0 Å². The largest absolute Gasteiger partial charge is 0.493 e. The van der Waals surface area contributed by atoms with E-state index in [2.05, 4.69) is 19.2 Å². The van der Waals surface area contributed by atoms with Crippen molar-refractivity contribution in [2.45, 2.75) is 39.7 Å². The summed E-state index contributed by atoms with van der Waals surface area (Å²) in [6.45, 7) is 9.91. The third-order valence-electron chi connectivity index (χ3n) is 4.19. The van der Waals surface area contributed by atoms with Crippen molar-refractivity contribution in [3.8, 4) is 11.5 Å². The van der Waals surface area contributed by atoms with Gasteiger partial charge in [-0.25, -0.2) is 0 Å². The molecule has 0 saturated carbocycles. The Bertz CT molecular complexity index is 487. The first kappa shape index (κ1) is 19.3. The van der Waals surface area contributed by atoms with E-state index in [1.807, 2.05) is 6.92 Å². The van der Waals surface area contributed by atoms with Crippen LogP contribution in [0.15, 0.2) is 18.2 Å². The van der Waals surface area contributed by atoms with Gasteiger partial charge < -0.3 is 19.7 Å². The van der Waals surface area contributed by atoms with Crippen LogP contribution < -0.4 is 19.7 Å². The van der Waals surface area contributed by atoms with E-state index in [1.54, 1.807) is 37.3 Å². The Balaban J connectivity index is 2.59. The molecule has 0 bridgehead atoms. The maximum atomic E-state index is 12.5. The zero-order valence-corrected chi connectivity index (χ0v) is 15.1. The lowest BCUT2D eigenvalue weighted by molar-refractivity contribution is -0.896. The van der Waals surface area contributed by atoms with E-state index < -0.39 is 0 Å². The van der Waals surface area contributed by atoms with Gasteiger partial charge in [-0.1, -0.05) is 6.07 Å². The molecule has 0 saturated heterocycles. The highest BCUT2D eigenvalue weighted by Crippen LogP contribution is 2.30. The van der Waals surface area contributed by atoms with Crippen LogP contribution >= 0.6 is 0 Å². The standard InChI is InChI=1S/C18H30N2O3/c1-6-20(7-2)13-9-10-14(3)19-18(21)15-11-8-12-16(22-4)17(15)23-5/h8,11-12,14H,6-7,9-10,13H2,1-5H3,(H,19,21)/p+1/t14-/m0/s1. The molecular formula is C18H31N2O3+. The van der Waals surface area contributed by atoms with Crippen LogP contribution in [-0.2, 0) is 0 Å². The molecule has 130 valence electrons. The fourth-order valence-electron chi connectivity index (χ4n) is 2.70. The summed E-state index contributed by atoms with van der Waals surface area (Å²) >= 11 is 0. The predicted molar refractivity (Wildman–Crippen MR) is 92.6 cm³/mol. The Morgan fingerprint density at radius 1 is 1.22 bits per heavy atom. The average Bonchev–Trinajstić information content (AvgIpc) is 2.57. The lowest BCUT2D eigenvalue weighted by Crippen LogP contribution is -3.11. The minimum Gasteiger partial charge on any atom is -0.493 e. The minimum atomic E-state index is -0.122. The maximum Gasteiger partial charge on any atom is 0.255 e. The van der Waals surface area contributed by atoms with Gasteiger partial charge in [-0.05, 0) is 45.7 Å². The molecule has 0 radical (unpaired) electrons. The molecule has 0 heterocycles. The van der Waals surface area contributed by atoms with Crippen molar-refractivity contribution < 1.29 is 19.2 Å². The van der Waals surface area contributed by atoms with Gasteiger partial charge in [0.2, 0.25) is 0 Å². The van der Waals surface area contributed by atoms with Gasteiger partial charge >= 0.3 is 0 Å². The molecule has 23 heavy (non-hydrogen) atoms. The minimum absolute atomic E-state index is 0.122. The second-order valence-electron chi connectivity index (χ2n) is 5.76. The van der Waals surface area contributed by atoms with Crippen LogP contribution in [-0.4, -0.2) is 45.8 Å². The first-order valence-corrected chi connectivity index (χ1v) is 8.42. The molecule has 1 atom stereocenters. The summed E-state index contributed by atoms with van der Waals surface area (Å²) in [5.74, 6) is 0.925. The van der Waals surface area contributed by atoms with Gasteiger partial charge in [0.1, 0.15) is 0 Å².